The van der Waals surface area contributed by atoms with E-state index in [0.29, 0.717) is 0 Å². The summed E-state index contributed by atoms with van der Waals surface area (Å²) in [5.41, 5.74) is 4.87. The van der Waals surface area contributed by atoms with E-state index in [1.54, 1.807) is 4.68 Å². The van der Waals surface area contributed by atoms with Crippen molar-refractivity contribution in [2.45, 2.75) is 32.8 Å². The van der Waals surface area contributed by atoms with Gasteiger partial charge < -0.3 is 10.1 Å². The maximum absolute atomic E-state index is 11.8. The SMILES string of the molecule is Cc1ccc(C)n1NC(=O)COC1CCNCC1. The van der Waals surface area contributed by atoms with Crippen LogP contribution in [0.2, 0.25) is 0 Å². The van der Waals surface area contributed by atoms with Crippen molar-refractivity contribution in [1.82, 2.24) is 9.99 Å². The highest BCUT2D eigenvalue weighted by Crippen LogP contribution is 2.07. The van der Waals surface area contributed by atoms with Gasteiger partial charge in [-0.15, -0.1) is 0 Å². The minimum Gasteiger partial charge on any atom is -0.368 e. The summed E-state index contributed by atoms with van der Waals surface area (Å²) in [6, 6.07) is 3.95. The first-order valence-electron chi connectivity index (χ1n) is 6.44. The summed E-state index contributed by atoms with van der Waals surface area (Å²) in [6.07, 6.45) is 2.17. The summed E-state index contributed by atoms with van der Waals surface area (Å²) in [7, 11) is 0. The molecular weight excluding hydrogens is 230 g/mol. The highest BCUT2D eigenvalue weighted by molar-refractivity contribution is 5.85. The van der Waals surface area contributed by atoms with Gasteiger partial charge in [0.15, 0.2) is 0 Å². The topological polar surface area (TPSA) is 55.3 Å². The third-order valence-corrected chi connectivity index (χ3v) is 3.24. The maximum atomic E-state index is 11.8. The second kappa shape index (κ2) is 6.02. The molecule has 0 aliphatic carbocycles. The standard InChI is InChI=1S/C13H21N3O2/c1-10-3-4-11(2)16(10)15-13(17)9-18-12-5-7-14-8-6-12/h3-4,12,14H,5-9H2,1-2H3,(H,15,17). The third kappa shape index (κ3) is 3.34. The molecule has 2 heterocycles. The van der Waals surface area contributed by atoms with E-state index >= 15 is 0 Å². The molecule has 1 saturated heterocycles. The number of carbonyl (C=O) groups excluding carboxylic acids is 1. The molecule has 2 rings (SSSR count). The fourth-order valence-corrected chi connectivity index (χ4v) is 2.16. The number of carbonyl (C=O) groups is 1. The molecule has 1 fully saturated rings. The van der Waals surface area contributed by atoms with Crippen LogP contribution in [0.3, 0.4) is 0 Å². The second-order valence-corrected chi connectivity index (χ2v) is 4.75. The van der Waals surface area contributed by atoms with Crippen molar-refractivity contribution in [2.75, 3.05) is 25.1 Å². The number of nitrogens with zero attached hydrogens (tertiary/aromatic N) is 1. The monoisotopic (exact) mass is 251 g/mol. The smallest absolute Gasteiger partial charge is 0.264 e. The third-order valence-electron chi connectivity index (χ3n) is 3.24. The van der Waals surface area contributed by atoms with Gasteiger partial charge in [-0.05, 0) is 51.9 Å². The summed E-state index contributed by atoms with van der Waals surface area (Å²) in [5, 5.41) is 3.27. The Bertz CT molecular complexity index is 389. The molecule has 1 aromatic rings. The Balaban J connectivity index is 1.78. The van der Waals surface area contributed by atoms with E-state index in [4.69, 9.17) is 4.74 Å². The van der Waals surface area contributed by atoms with Crippen molar-refractivity contribution in [3.05, 3.63) is 23.5 Å². The summed E-state index contributed by atoms with van der Waals surface area (Å²) in [6.45, 7) is 5.99. The van der Waals surface area contributed by atoms with Crippen LogP contribution in [-0.2, 0) is 9.53 Å². The number of aromatic nitrogens is 1. The molecule has 100 valence electrons. The van der Waals surface area contributed by atoms with Crippen molar-refractivity contribution < 1.29 is 9.53 Å². The van der Waals surface area contributed by atoms with E-state index < -0.39 is 0 Å². The minimum atomic E-state index is -0.101. The van der Waals surface area contributed by atoms with Gasteiger partial charge in [-0.3, -0.25) is 14.9 Å². The summed E-state index contributed by atoms with van der Waals surface area (Å²) in [5.74, 6) is -0.101. The highest BCUT2D eigenvalue weighted by atomic mass is 16.5. The molecule has 0 atom stereocenters. The molecule has 1 amide bonds. The molecule has 0 unspecified atom stereocenters. The molecule has 0 aromatic carbocycles. The van der Waals surface area contributed by atoms with Gasteiger partial charge >= 0.3 is 0 Å². The van der Waals surface area contributed by atoms with E-state index in [0.717, 1.165) is 37.3 Å². The number of rotatable bonds is 4. The summed E-state index contributed by atoms with van der Waals surface area (Å²) in [4.78, 5) is 11.8. The first-order chi connectivity index (χ1) is 8.66. The maximum Gasteiger partial charge on any atom is 0.264 e. The van der Waals surface area contributed by atoms with Gasteiger partial charge in [0, 0.05) is 11.4 Å². The Hall–Kier alpha value is -1.33. The van der Waals surface area contributed by atoms with Crippen molar-refractivity contribution in [3.8, 4) is 0 Å². The van der Waals surface area contributed by atoms with Crippen LogP contribution in [0.1, 0.15) is 24.2 Å². The molecule has 0 saturated carbocycles. The molecular formula is C13H21N3O2. The Labute approximate surface area is 107 Å². The van der Waals surface area contributed by atoms with Crippen LogP contribution in [0, 0.1) is 13.8 Å². The summed E-state index contributed by atoms with van der Waals surface area (Å²) >= 11 is 0. The normalized spacial score (nSPS) is 16.8. The summed E-state index contributed by atoms with van der Waals surface area (Å²) < 4.78 is 7.39. The van der Waals surface area contributed by atoms with Crippen molar-refractivity contribution >= 4 is 5.91 Å². The number of hydrogen-bond donors (Lipinski definition) is 2. The van der Waals surface area contributed by atoms with Crippen LogP contribution in [0.5, 0.6) is 0 Å². The van der Waals surface area contributed by atoms with Gasteiger partial charge in [0.25, 0.3) is 5.91 Å². The van der Waals surface area contributed by atoms with Gasteiger partial charge in [0.05, 0.1) is 6.10 Å². The van der Waals surface area contributed by atoms with Crippen molar-refractivity contribution in [2.24, 2.45) is 0 Å². The Morgan fingerprint density at radius 2 is 2.00 bits per heavy atom. The molecule has 5 nitrogen and oxygen atoms in total. The molecule has 0 bridgehead atoms. The van der Waals surface area contributed by atoms with E-state index in [-0.39, 0.29) is 18.6 Å². The predicted molar refractivity (Wildman–Crippen MR) is 70.1 cm³/mol. The van der Waals surface area contributed by atoms with Crippen LogP contribution < -0.4 is 10.7 Å². The Kier molecular flexibility index (Phi) is 4.38. The zero-order valence-electron chi connectivity index (χ0n) is 11.0. The first kappa shape index (κ1) is 13.1. The van der Waals surface area contributed by atoms with Gasteiger partial charge in [-0.1, -0.05) is 0 Å². The largest absolute Gasteiger partial charge is 0.368 e. The molecule has 0 radical (unpaired) electrons. The number of piperidine rings is 1. The molecule has 5 heteroatoms. The average Bonchev–Trinajstić information content (AvgIpc) is 2.69. The van der Waals surface area contributed by atoms with E-state index in [1.807, 2.05) is 26.0 Å². The first-order valence-corrected chi connectivity index (χ1v) is 6.44. The lowest BCUT2D eigenvalue weighted by Gasteiger charge is -2.22. The molecule has 0 spiro atoms. The van der Waals surface area contributed by atoms with Crippen LogP contribution in [0.25, 0.3) is 0 Å². The number of amides is 1. The van der Waals surface area contributed by atoms with Crippen LogP contribution in [-0.4, -0.2) is 36.4 Å². The van der Waals surface area contributed by atoms with Crippen LogP contribution in [0.4, 0.5) is 0 Å². The molecule has 1 aliphatic rings. The number of hydrogen-bond acceptors (Lipinski definition) is 3. The van der Waals surface area contributed by atoms with E-state index in [1.165, 1.54) is 0 Å². The molecule has 18 heavy (non-hydrogen) atoms. The molecule has 1 aromatic heterocycles. The fourth-order valence-electron chi connectivity index (χ4n) is 2.16. The number of ether oxygens (including phenoxy) is 1. The minimum absolute atomic E-state index is 0.101. The van der Waals surface area contributed by atoms with Crippen molar-refractivity contribution in [3.63, 3.8) is 0 Å². The van der Waals surface area contributed by atoms with Gasteiger partial charge in [-0.25, -0.2) is 0 Å². The number of nitrogens with one attached hydrogen (secondary N) is 2. The zero-order valence-corrected chi connectivity index (χ0v) is 11.0. The second-order valence-electron chi connectivity index (χ2n) is 4.75. The van der Waals surface area contributed by atoms with E-state index in [9.17, 15) is 4.79 Å². The number of aryl methyl sites for hydroxylation is 2. The van der Waals surface area contributed by atoms with Gasteiger partial charge in [0.1, 0.15) is 6.61 Å². The highest BCUT2D eigenvalue weighted by Gasteiger charge is 2.15. The fraction of sp³-hybridized carbons (Fsp3) is 0.615. The average molecular weight is 251 g/mol. The lowest BCUT2D eigenvalue weighted by Crippen LogP contribution is -2.35. The predicted octanol–water partition coefficient (Wildman–Crippen LogP) is 0.944. The lowest BCUT2D eigenvalue weighted by atomic mass is 10.1. The molecule has 2 N–H and O–H groups in total. The lowest BCUT2D eigenvalue weighted by molar-refractivity contribution is -0.124. The van der Waals surface area contributed by atoms with Crippen LogP contribution >= 0.6 is 0 Å². The van der Waals surface area contributed by atoms with Crippen molar-refractivity contribution in [1.29, 1.82) is 0 Å². The Morgan fingerprint density at radius 1 is 1.39 bits per heavy atom. The van der Waals surface area contributed by atoms with Gasteiger partial charge in [-0.2, -0.15) is 0 Å². The van der Waals surface area contributed by atoms with Crippen LogP contribution in [0.15, 0.2) is 12.1 Å². The zero-order chi connectivity index (χ0) is 13.0. The molecule has 1 aliphatic heterocycles. The quantitative estimate of drug-likeness (QED) is 0.837. The van der Waals surface area contributed by atoms with E-state index in [2.05, 4.69) is 10.7 Å². The van der Waals surface area contributed by atoms with Gasteiger partial charge in [0.2, 0.25) is 0 Å². The Morgan fingerprint density at radius 3 is 2.61 bits per heavy atom.